The molecule has 0 radical (unpaired) electrons. The van der Waals surface area contributed by atoms with Gasteiger partial charge in [0.25, 0.3) is 0 Å². The van der Waals surface area contributed by atoms with E-state index in [1.54, 1.807) is 0 Å². The van der Waals surface area contributed by atoms with Crippen molar-refractivity contribution in [3.8, 4) is 0 Å². The van der Waals surface area contributed by atoms with Crippen molar-refractivity contribution in [2.45, 2.75) is 26.7 Å². The van der Waals surface area contributed by atoms with Crippen molar-refractivity contribution in [3.63, 3.8) is 0 Å². The normalized spacial score (nSPS) is 12.6. The Morgan fingerprint density at radius 3 is 1.07 bits per heavy atom. The van der Waals surface area contributed by atoms with Crippen molar-refractivity contribution in [1.29, 1.82) is 0 Å². The molecule has 248 valence electrons. The van der Waals surface area contributed by atoms with Gasteiger partial charge in [-0.15, -0.1) is 7.55 Å². The van der Waals surface area contributed by atoms with E-state index in [0.717, 1.165) is 24.3 Å². The van der Waals surface area contributed by atoms with E-state index in [9.17, 15) is 0 Å². The molecule has 0 heterocycles. The number of hydrogen-bond donors (Lipinski definition) is 0. The molecule has 1 saturated carbocycles. The standard InChI is InChI=1S/2C17H15P.2C3H8S.Fe.Pt/c2*1-3-9-15(10-4-1)18(17-13-7-8-14-17)16-11-5-2-6-12-16;2*1-2-3-4;;/h2*1-14,18H;2*4H,2-3H2,1H3;;/q;-4;;;;+2/p-2. The third-order valence-electron chi connectivity index (χ3n) is 6.56. The molecular weight excluding hydrogens is 857 g/mol. The zero-order chi connectivity index (χ0) is 31.2. The molecule has 0 aliphatic heterocycles. The van der Waals surface area contributed by atoms with Gasteiger partial charge in [0.2, 0.25) is 0 Å². The quantitative estimate of drug-likeness (QED) is 0.0837. The molecule has 6 rings (SSSR count). The Labute approximate surface area is 317 Å². The van der Waals surface area contributed by atoms with E-state index in [0.29, 0.717) is 0 Å². The molecule has 4 aromatic carbocycles. The van der Waals surface area contributed by atoms with Crippen LogP contribution in [0, 0.1) is 25.7 Å². The summed E-state index contributed by atoms with van der Waals surface area (Å²) >= 11 is 9.11. The largest absolute Gasteiger partial charge is 2.00 e. The van der Waals surface area contributed by atoms with Gasteiger partial charge in [-0.2, -0.15) is 11.5 Å². The summed E-state index contributed by atoms with van der Waals surface area (Å²) in [5.41, 5.74) is 0. The molecular formula is C40H44FeP2PtS2-4. The van der Waals surface area contributed by atoms with E-state index < -0.39 is 15.1 Å². The molecule has 0 saturated heterocycles. The Morgan fingerprint density at radius 2 is 0.783 bits per heavy atom. The van der Waals surface area contributed by atoms with Gasteiger partial charge in [-0.1, -0.05) is 180 Å². The molecule has 0 N–H and O–H groups in total. The first-order chi connectivity index (χ1) is 21.7. The van der Waals surface area contributed by atoms with Gasteiger partial charge in [-0.05, 0) is 26.5 Å². The van der Waals surface area contributed by atoms with E-state index in [1.165, 1.54) is 31.8 Å². The maximum atomic E-state index is 4.55. The zero-order valence-electron chi connectivity index (χ0n) is 26.5. The SMILES string of the molecule is C1=CC(=[PH](c2ccccc2)c2ccccc2)C=C1.CCC[S-].CCC[S-].[Fe].[Pt+2].c1ccc([PH](=C2[CH-][CH-][CH-][CH-]2)c2ccccc2)cc1. The summed E-state index contributed by atoms with van der Waals surface area (Å²) in [4.78, 5) is 0. The maximum absolute atomic E-state index is 4.55. The number of rotatable bonds is 6. The van der Waals surface area contributed by atoms with E-state index in [-0.39, 0.29) is 38.1 Å². The molecule has 0 amide bonds. The van der Waals surface area contributed by atoms with Gasteiger partial charge in [0.05, 0.1) is 0 Å². The molecule has 4 aromatic rings. The minimum absolute atomic E-state index is 0. The fraction of sp³-hybridized carbons (Fsp3) is 0.150. The predicted molar refractivity (Wildman–Crippen MR) is 211 cm³/mol. The van der Waals surface area contributed by atoms with Crippen LogP contribution >= 0.6 is 15.1 Å². The molecule has 1 fully saturated rings. The molecule has 0 nitrogen and oxygen atoms in total. The second kappa shape index (κ2) is 26.8. The van der Waals surface area contributed by atoms with E-state index in [4.69, 9.17) is 0 Å². The Bertz CT molecular complexity index is 1360. The number of hydrogen-bond acceptors (Lipinski definition) is 2. The third-order valence-corrected chi connectivity index (χ3v) is 12.8. The van der Waals surface area contributed by atoms with Crippen LogP contribution in [0.15, 0.2) is 146 Å². The zero-order valence-corrected chi connectivity index (χ0v) is 33.5. The van der Waals surface area contributed by atoms with Crippen molar-refractivity contribution in [2.24, 2.45) is 0 Å². The smallest absolute Gasteiger partial charge is 0.793 e. The first-order valence-electron chi connectivity index (χ1n) is 15.3. The van der Waals surface area contributed by atoms with Crippen molar-refractivity contribution in [3.05, 3.63) is 171 Å². The molecule has 0 aromatic heterocycles. The Morgan fingerprint density at radius 1 is 0.500 bits per heavy atom. The van der Waals surface area contributed by atoms with Gasteiger partial charge >= 0.3 is 21.1 Å². The summed E-state index contributed by atoms with van der Waals surface area (Å²) in [5.74, 6) is 1.81. The second-order valence-corrected chi connectivity index (χ2v) is 15.8. The average Bonchev–Trinajstić information content (AvgIpc) is 3.84. The van der Waals surface area contributed by atoms with Crippen molar-refractivity contribution >= 4 is 72.2 Å². The number of allylic oxidation sites excluding steroid dienone is 4. The summed E-state index contributed by atoms with van der Waals surface area (Å²) in [6.07, 6.45) is 19.8. The Kier molecular flexibility index (Phi) is 25.0. The molecule has 0 bridgehead atoms. The second-order valence-electron chi connectivity index (χ2n) is 9.97. The Hall–Kier alpha value is -1.13. The predicted octanol–water partition coefficient (Wildman–Crippen LogP) is 7.89. The van der Waals surface area contributed by atoms with Crippen LogP contribution in [0.4, 0.5) is 0 Å². The maximum Gasteiger partial charge on any atom is 2.00 e. The van der Waals surface area contributed by atoms with E-state index in [2.05, 4.69) is 210 Å². The molecule has 6 heteroatoms. The summed E-state index contributed by atoms with van der Waals surface area (Å²) in [7, 11) is -1.67. The minimum atomic E-state index is -0.834. The molecule has 2 aliphatic rings. The van der Waals surface area contributed by atoms with Crippen molar-refractivity contribution < 1.29 is 38.1 Å². The van der Waals surface area contributed by atoms with Crippen LogP contribution in [0.2, 0.25) is 0 Å². The minimum Gasteiger partial charge on any atom is -0.793 e. The van der Waals surface area contributed by atoms with E-state index >= 15 is 0 Å². The molecule has 0 spiro atoms. The van der Waals surface area contributed by atoms with Gasteiger partial charge in [0.1, 0.15) is 0 Å². The fourth-order valence-corrected chi connectivity index (χ4v) is 9.66. The first kappa shape index (κ1) is 42.9. The van der Waals surface area contributed by atoms with Crippen molar-refractivity contribution in [1.82, 2.24) is 0 Å². The van der Waals surface area contributed by atoms with Crippen LogP contribution in [0.5, 0.6) is 0 Å². The van der Waals surface area contributed by atoms with Crippen LogP contribution in [-0.2, 0) is 63.4 Å². The topological polar surface area (TPSA) is 0 Å². The molecule has 0 atom stereocenters. The monoisotopic (exact) mass is 901 g/mol. The van der Waals surface area contributed by atoms with Crippen LogP contribution in [0.25, 0.3) is 0 Å². The van der Waals surface area contributed by atoms with Gasteiger partial charge in [-0.25, -0.2) is 0 Å². The summed E-state index contributed by atoms with van der Waals surface area (Å²) in [6, 6.07) is 43.3. The fourth-order valence-electron chi connectivity index (χ4n) is 4.50. The Balaban J connectivity index is 0.000000361. The van der Waals surface area contributed by atoms with E-state index in [1.807, 2.05) is 0 Å². The van der Waals surface area contributed by atoms with Gasteiger partial charge < -0.3 is 56.2 Å². The molecule has 2 aliphatic carbocycles. The molecule has 46 heavy (non-hydrogen) atoms. The van der Waals surface area contributed by atoms with Gasteiger partial charge in [0, 0.05) is 17.1 Å². The van der Waals surface area contributed by atoms with Crippen LogP contribution in [-0.4, -0.2) is 22.1 Å². The van der Waals surface area contributed by atoms with Crippen LogP contribution < -0.4 is 21.2 Å². The van der Waals surface area contributed by atoms with Gasteiger partial charge in [0.15, 0.2) is 0 Å². The summed E-state index contributed by atoms with van der Waals surface area (Å²) in [6.45, 7) is 4.15. The first-order valence-corrected chi connectivity index (χ1v) is 19.4. The van der Waals surface area contributed by atoms with Crippen LogP contribution in [0.3, 0.4) is 0 Å². The summed E-state index contributed by atoms with van der Waals surface area (Å²) < 4.78 is 0. The third kappa shape index (κ3) is 15.0. The van der Waals surface area contributed by atoms with Gasteiger partial charge in [-0.3, -0.25) is 0 Å². The van der Waals surface area contributed by atoms with Crippen molar-refractivity contribution in [2.75, 3.05) is 11.5 Å². The average molecular weight is 902 g/mol. The number of benzene rings is 4. The summed E-state index contributed by atoms with van der Waals surface area (Å²) in [5, 5.41) is 8.69. The molecule has 0 unspecified atom stereocenters. The van der Waals surface area contributed by atoms with Crippen LogP contribution in [0.1, 0.15) is 26.7 Å².